The molecule has 0 radical (unpaired) electrons. The Bertz CT molecular complexity index is 428. The molecule has 4 heteroatoms. The lowest BCUT2D eigenvalue weighted by molar-refractivity contribution is 0.626. The second-order valence-electron chi connectivity index (χ2n) is 2.92. The molecule has 15 heavy (non-hydrogen) atoms. The van der Waals surface area contributed by atoms with Crippen LogP contribution in [0.4, 0.5) is 4.39 Å². The Hall–Kier alpha value is -0.850. The fraction of sp³-hybridized carbons (Fsp3) is 0.182. The quantitative estimate of drug-likeness (QED) is 0.737. The minimum absolute atomic E-state index is 0.306. The third kappa shape index (κ3) is 3.05. The van der Waals surface area contributed by atoms with Crippen LogP contribution in [0.1, 0.15) is 18.9 Å². The van der Waals surface area contributed by atoms with E-state index < -0.39 is 0 Å². The summed E-state index contributed by atoms with van der Waals surface area (Å²) in [6, 6.07) is 6.32. The van der Waals surface area contributed by atoms with Gasteiger partial charge in [0.25, 0.3) is 0 Å². The van der Waals surface area contributed by atoms with Gasteiger partial charge in [-0.1, -0.05) is 34.5 Å². The smallest absolute Gasteiger partial charge is 0.124 e. The molecule has 0 spiro atoms. The van der Waals surface area contributed by atoms with E-state index in [0.717, 1.165) is 0 Å². The van der Waals surface area contributed by atoms with E-state index in [4.69, 9.17) is 16.9 Å². The van der Waals surface area contributed by atoms with Crippen molar-refractivity contribution in [3.63, 3.8) is 0 Å². The molecule has 1 aromatic carbocycles. The maximum atomic E-state index is 13.1. The summed E-state index contributed by atoms with van der Waals surface area (Å²) in [6.07, 6.45) is 0.531. The summed E-state index contributed by atoms with van der Waals surface area (Å²) in [5.74, 6) is -0.383. The predicted molar refractivity (Wildman–Crippen MR) is 62.8 cm³/mol. The third-order valence-corrected chi connectivity index (χ3v) is 2.77. The van der Waals surface area contributed by atoms with Crippen molar-refractivity contribution in [2.24, 2.45) is 0 Å². The molecule has 0 heterocycles. The first-order valence-corrected chi connectivity index (χ1v) is 5.50. The zero-order valence-corrected chi connectivity index (χ0v) is 10.4. The highest BCUT2D eigenvalue weighted by Crippen LogP contribution is 2.27. The molecule has 0 saturated heterocycles. The summed E-state index contributed by atoms with van der Waals surface area (Å²) in [6.45, 7) is 1.83. The summed E-state index contributed by atoms with van der Waals surface area (Å²) in [5.41, 5.74) is 0.969. The average molecular weight is 289 g/mol. The maximum absolute atomic E-state index is 13.1. The molecule has 78 valence electrons. The molecule has 0 bridgehead atoms. The highest BCUT2D eigenvalue weighted by Gasteiger charge is 2.07. The van der Waals surface area contributed by atoms with Crippen LogP contribution >= 0.6 is 27.5 Å². The standard InChI is InChI=1S/C11H8BrClFN/c1-2-7(6-15)11(13)8-3-9(12)5-10(14)4-8/h3-5H,2H2,1H3. The molecule has 0 aromatic heterocycles. The number of nitrogens with zero attached hydrogens (tertiary/aromatic N) is 1. The lowest BCUT2D eigenvalue weighted by Gasteiger charge is -2.03. The van der Waals surface area contributed by atoms with Crippen molar-refractivity contribution < 1.29 is 4.39 Å². The SMILES string of the molecule is CCC(C#N)=C(Cl)c1cc(F)cc(Br)c1. The van der Waals surface area contributed by atoms with Crippen LogP contribution in [-0.4, -0.2) is 0 Å². The topological polar surface area (TPSA) is 23.8 Å². The molecule has 1 rings (SSSR count). The molecule has 1 aromatic rings. The van der Waals surface area contributed by atoms with E-state index in [2.05, 4.69) is 15.9 Å². The summed E-state index contributed by atoms with van der Waals surface area (Å²) >= 11 is 9.16. The predicted octanol–water partition coefficient (Wildman–Crippen LogP) is 4.47. The van der Waals surface area contributed by atoms with Crippen molar-refractivity contribution >= 4 is 32.6 Å². The van der Waals surface area contributed by atoms with Crippen LogP contribution in [-0.2, 0) is 0 Å². The van der Waals surface area contributed by atoms with Crippen molar-refractivity contribution in [3.8, 4) is 6.07 Å². The van der Waals surface area contributed by atoms with Gasteiger partial charge in [0, 0.05) is 10.0 Å². The van der Waals surface area contributed by atoms with Crippen LogP contribution < -0.4 is 0 Å². The average Bonchev–Trinajstić information content (AvgIpc) is 2.18. The molecule has 0 N–H and O–H groups in total. The first-order chi connectivity index (χ1) is 7.08. The molecule has 0 unspecified atom stereocenters. The van der Waals surface area contributed by atoms with Gasteiger partial charge in [-0.3, -0.25) is 0 Å². The molecule has 0 aliphatic heterocycles. The summed E-state index contributed by atoms with van der Waals surface area (Å²) < 4.78 is 13.7. The number of rotatable bonds is 2. The lowest BCUT2D eigenvalue weighted by atomic mass is 10.1. The van der Waals surface area contributed by atoms with Gasteiger partial charge in [-0.2, -0.15) is 5.26 Å². The second-order valence-corrected chi connectivity index (χ2v) is 4.21. The number of hydrogen-bond donors (Lipinski definition) is 0. The Morgan fingerprint density at radius 3 is 2.67 bits per heavy atom. The monoisotopic (exact) mass is 287 g/mol. The number of hydrogen-bond acceptors (Lipinski definition) is 1. The molecule has 0 fully saturated rings. The molecule has 0 saturated carbocycles. The van der Waals surface area contributed by atoms with Gasteiger partial charge < -0.3 is 0 Å². The zero-order valence-electron chi connectivity index (χ0n) is 8.02. The van der Waals surface area contributed by atoms with Crippen LogP contribution in [0.15, 0.2) is 28.2 Å². The first kappa shape index (κ1) is 12.2. The van der Waals surface area contributed by atoms with E-state index in [-0.39, 0.29) is 5.82 Å². The molecular formula is C11H8BrClFN. The van der Waals surface area contributed by atoms with Crippen molar-refractivity contribution in [2.75, 3.05) is 0 Å². The lowest BCUT2D eigenvalue weighted by Crippen LogP contribution is -1.86. The molecule has 1 nitrogen and oxygen atoms in total. The van der Waals surface area contributed by atoms with Crippen LogP contribution in [0.3, 0.4) is 0 Å². The van der Waals surface area contributed by atoms with Crippen LogP contribution in [0, 0.1) is 17.1 Å². The fourth-order valence-electron chi connectivity index (χ4n) is 1.14. The highest BCUT2D eigenvalue weighted by molar-refractivity contribution is 9.10. The zero-order chi connectivity index (χ0) is 11.4. The van der Waals surface area contributed by atoms with Crippen LogP contribution in [0.2, 0.25) is 0 Å². The van der Waals surface area contributed by atoms with E-state index in [1.165, 1.54) is 12.1 Å². The van der Waals surface area contributed by atoms with Crippen LogP contribution in [0.25, 0.3) is 5.03 Å². The van der Waals surface area contributed by atoms with Gasteiger partial charge in [-0.05, 0) is 30.2 Å². The molecule has 0 aliphatic rings. The van der Waals surface area contributed by atoms with Gasteiger partial charge in [0.1, 0.15) is 5.82 Å². The van der Waals surface area contributed by atoms with E-state index in [9.17, 15) is 4.39 Å². The number of nitriles is 1. The Morgan fingerprint density at radius 2 is 2.20 bits per heavy atom. The van der Waals surface area contributed by atoms with Gasteiger partial charge >= 0.3 is 0 Å². The third-order valence-electron chi connectivity index (χ3n) is 1.87. The second kappa shape index (κ2) is 5.29. The normalized spacial score (nSPS) is 11.9. The Labute approximate surface area is 101 Å². The molecule has 0 atom stereocenters. The first-order valence-electron chi connectivity index (χ1n) is 4.33. The summed E-state index contributed by atoms with van der Waals surface area (Å²) in [7, 11) is 0. The Kier molecular flexibility index (Phi) is 4.31. The molecule has 0 amide bonds. The molecule has 0 aliphatic carbocycles. The number of allylic oxidation sites excluding steroid dienone is 1. The van der Waals surface area contributed by atoms with Gasteiger partial charge in [0.05, 0.1) is 11.1 Å². The van der Waals surface area contributed by atoms with Gasteiger partial charge in [-0.15, -0.1) is 0 Å². The van der Waals surface area contributed by atoms with E-state index >= 15 is 0 Å². The van der Waals surface area contributed by atoms with E-state index in [1.54, 1.807) is 6.07 Å². The molecular weight excluding hydrogens is 280 g/mol. The van der Waals surface area contributed by atoms with Crippen molar-refractivity contribution in [2.45, 2.75) is 13.3 Å². The Balaban J connectivity index is 3.28. The van der Waals surface area contributed by atoms with Gasteiger partial charge in [-0.25, -0.2) is 4.39 Å². The van der Waals surface area contributed by atoms with Gasteiger partial charge in [0.2, 0.25) is 0 Å². The summed E-state index contributed by atoms with van der Waals surface area (Å²) in [4.78, 5) is 0. The Morgan fingerprint density at radius 1 is 1.53 bits per heavy atom. The fourth-order valence-corrected chi connectivity index (χ4v) is 1.89. The largest absolute Gasteiger partial charge is 0.207 e. The van der Waals surface area contributed by atoms with Gasteiger partial charge in [0.15, 0.2) is 0 Å². The van der Waals surface area contributed by atoms with E-state index in [1.807, 2.05) is 13.0 Å². The highest BCUT2D eigenvalue weighted by atomic mass is 79.9. The number of benzene rings is 1. The van der Waals surface area contributed by atoms with Crippen LogP contribution in [0.5, 0.6) is 0 Å². The summed E-state index contributed by atoms with van der Waals surface area (Å²) in [5, 5.41) is 9.10. The number of halogens is 3. The van der Waals surface area contributed by atoms with Crippen molar-refractivity contribution in [3.05, 3.63) is 39.6 Å². The van der Waals surface area contributed by atoms with Crippen molar-refractivity contribution in [1.29, 1.82) is 5.26 Å². The maximum Gasteiger partial charge on any atom is 0.124 e. The minimum atomic E-state index is -0.383. The van der Waals surface area contributed by atoms with E-state index in [0.29, 0.717) is 27.1 Å². The minimum Gasteiger partial charge on any atom is -0.207 e. The van der Waals surface area contributed by atoms with Crippen molar-refractivity contribution in [1.82, 2.24) is 0 Å².